The van der Waals surface area contributed by atoms with Crippen molar-refractivity contribution < 1.29 is 17.6 Å². The highest BCUT2D eigenvalue weighted by Gasteiger charge is 2.35. The summed E-state index contributed by atoms with van der Waals surface area (Å²) in [5.41, 5.74) is 2.94. The Kier molecular flexibility index (Phi) is 4.52. The van der Waals surface area contributed by atoms with Gasteiger partial charge in [0.2, 0.25) is 15.9 Å². The van der Waals surface area contributed by atoms with Crippen LogP contribution in [0.25, 0.3) is 0 Å². The molecule has 0 spiro atoms. The number of anilines is 1. The molecular formula is C20H22N2O4S2. The summed E-state index contributed by atoms with van der Waals surface area (Å²) in [6.07, 6.45) is 4.21. The van der Waals surface area contributed by atoms with Crippen LogP contribution in [0.1, 0.15) is 35.0 Å². The Balaban J connectivity index is 1.43. The normalized spacial score (nSPS) is 22.9. The molecule has 1 amide bonds. The van der Waals surface area contributed by atoms with E-state index in [-0.39, 0.29) is 11.2 Å². The van der Waals surface area contributed by atoms with Gasteiger partial charge in [-0.2, -0.15) is 4.31 Å². The topological polar surface area (TPSA) is 70.8 Å². The van der Waals surface area contributed by atoms with E-state index in [1.165, 1.54) is 0 Å². The fourth-order valence-corrected chi connectivity index (χ4v) is 7.27. The summed E-state index contributed by atoms with van der Waals surface area (Å²) in [5, 5.41) is 0.191. The van der Waals surface area contributed by atoms with Crippen molar-refractivity contribution in [1.29, 1.82) is 0 Å². The molecule has 0 aliphatic carbocycles. The number of amides is 1. The minimum atomic E-state index is -3.55. The zero-order valence-corrected chi connectivity index (χ0v) is 17.1. The summed E-state index contributed by atoms with van der Waals surface area (Å²) in [5.74, 6) is 1.80. The Morgan fingerprint density at radius 3 is 2.68 bits per heavy atom. The van der Waals surface area contributed by atoms with Crippen molar-refractivity contribution in [3.63, 3.8) is 0 Å². The zero-order chi connectivity index (χ0) is 19.3. The molecule has 148 valence electrons. The SMILES string of the molecule is O=C1CCc2cc(S(=O)(=O)N3CCS[C@H](c4ccco4)CC3)cc3c2N1CC3. The summed E-state index contributed by atoms with van der Waals surface area (Å²) >= 11 is 1.75. The van der Waals surface area contributed by atoms with Gasteiger partial charge in [0.1, 0.15) is 5.76 Å². The van der Waals surface area contributed by atoms with Crippen molar-refractivity contribution in [2.75, 3.05) is 30.3 Å². The lowest BCUT2D eigenvalue weighted by atomic mass is 10.00. The molecule has 28 heavy (non-hydrogen) atoms. The lowest BCUT2D eigenvalue weighted by Gasteiger charge is -2.26. The highest BCUT2D eigenvalue weighted by molar-refractivity contribution is 7.99. The van der Waals surface area contributed by atoms with Gasteiger partial charge in [-0.1, -0.05) is 0 Å². The van der Waals surface area contributed by atoms with Gasteiger partial charge in [0, 0.05) is 31.8 Å². The molecule has 0 unspecified atom stereocenters. The monoisotopic (exact) mass is 418 g/mol. The molecule has 3 aliphatic heterocycles. The summed E-state index contributed by atoms with van der Waals surface area (Å²) in [7, 11) is -3.55. The maximum Gasteiger partial charge on any atom is 0.243 e. The third kappa shape index (κ3) is 2.98. The van der Waals surface area contributed by atoms with E-state index in [4.69, 9.17) is 4.42 Å². The minimum absolute atomic E-state index is 0.148. The van der Waals surface area contributed by atoms with Gasteiger partial charge in [-0.05, 0) is 54.7 Å². The number of hydrogen-bond acceptors (Lipinski definition) is 5. The Morgan fingerprint density at radius 2 is 1.89 bits per heavy atom. The standard InChI is InChI=1S/C20H22N2O4S2/c23-19-4-3-14-12-16(13-15-5-8-22(19)20(14)15)28(24,25)21-7-6-18(27-11-9-21)17-2-1-10-26-17/h1-2,10,12-13,18H,3-9,11H2/t18-/m0/s1. The van der Waals surface area contributed by atoms with Crippen LogP contribution in [0.4, 0.5) is 5.69 Å². The summed E-state index contributed by atoms with van der Waals surface area (Å²) in [6, 6.07) is 7.41. The molecule has 0 bridgehead atoms. The molecular weight excluding hydrogens is 396 g/mol. The fourth-order valence-electron chi connectivity index (χ4n) is 4.42. The van der Waals surface area contributed by atoms with E-state index < -0.39 is 10.0 Å². The first-order valence-corrected chi connectivity index (χ1v) is 12.1. The maximum absolute atomic E-state index is 13.4. The van der Waals surface area contributed by atoms with Crippen LogP contribution >= 0.6 is 11.8 Å². The Bertz CT molecular complexity index is 1020. The number of carbonyl (C=O) groups excluding carboxylic acids is 1. The first-order chi connectivity index (χ1) is 13.5. The van der Waals surface area contributed by atoms with Crippen LogP contribution in [0.3, 0.4) is 0 Å². The Morgan fingerprint density at radius 1 is 1.07 bits per heavy atom. The molecule has 0 saturated carbocycles. The predicted octanol–water partition coefficient (Wildman–Crippen LogP) is 2.98. The third-order valence-corrected chi connectivity index (χ3v) is 8.99. The number of nitrogens with zero attached hydrogens (tertiary/aromatic N) is 2. The molecule has 1 saturated heterocycles. The molecule has 1 fully saturated rings. The summed E-state index contributed by atoms with van der Waals surface area (Å²) in [6.45, 7) is 1.65. The van der Waals surface area contributed by atoms with E-state index in [2.05, 4.69) is 0 Å². The van der Waals surface area contributed by atoms with Gasteiger partial charge in [0.15, 0.2) is 0 Å². The molecule has 2 aromatic rings. The molecule has 1 aromatic heterocycles. The molecule has 3 aliphatic rings. The highest BCUT2D eigenvalue weighted by Crippen LogP contribution is 2.40. The summed E-state index contributed by atoms with van der Waals surface area (Å²) < 4.78 is 33.9. The number of sulfonamides is 1. The van der Waals surface area contributed by atoms with E-state index in [9.17, 15) is 13.2 Å². The number of carbonyl (C=O) groups is 1. The van der Waals surface area contributed by atoms with Gasteiger partial charge in [-0.15, -0.1) is 11.8 Å². The average molecular weight is 419 g/mol. The molecule has 1 aromatic carbocycles. The number of rotatable bonds is 3. The van der Waals surface area contributed by atoms with Crippen LogP contribution in [0.2, 0.25) is 0 Å². The maximum atomic E-state index is 13.4. The van der Waals surface area contributed by atoms with E-state index in [0.29, 0.717) is 37.4 Å². The molecule has 1 atom stereocenters. The third-order valence-electron chi connectivity index (χ3n) is 5.82. The van der Waals surface area contributed by atoms with Crippen LogP contribution in [0, 0.1) is 0 Å². The number of thioether (sulfide) groups is 1. The number of aryl methyl sites for hydroxylation is 1. The van der Waals surface area contributed by atoms with Crippen LogP contribution in [0.15, 0.2) is 39.8 Å². The fraction of sp³-hybridized carbons (Fsp3) is 0.450. The first-order valence-electron chi connectivity index (χ1n) is 9.65. The Labute approximate surface area is 168 Å². The van der Waals surface area contributed by atoms with Gasteiger partial charge < -0.3 is 9.32 Å². The van der Waals surface area contributed by atoms with Crippen LogP contribution in [-0.4, -0.2) is 44.0 Å². The van der Waals surface area contributed by atoms with Gasteiger partial charge in [0.05, 0.1) is 22.1 Å². The number of furan rings is 1. The molecule has 8 heteroatoms. The van der Waals surface area contributed by atoms with E-state index >= 15 is 0 Å². The largest absolute Gasteiger partial charge is 0.468 e. The lowest BCUT2D eigenvalue weighted by Crippen LogP contribution is -2.34. The molecule has 5 rings (SSSR count). The van der Waals surface area contributed by atoms with Crippen molar-refractivity contribution >= 4 is 33.4 Å². The van der Waals surface area contributed by atoms with Crippen LogP contribution in [0.5, 0.6) is 0 Å². The van der Waals surface area contributed by atoms with E-state index in [0.717, 1.165) is 41.2 Å². The van der Waals surface area contributed by atoms with E-state index in [1.807, 2.05) is 17.0 Å². The second-order valence-electron chi connectivity index (χ2n) is 7.45. The number of hydrogen-bond donors (Lipinski definition) is 0. The zero-order valence-electron chi connectivity index (χ0n) is 15.5. The first kappa shape index (κ1) is 18.3. The molecule has 0 N–H and O–H groups in total. The Hall–Kier alpha value is -1.77. The molecule has 0 radical (unpaired) electrons. The molecule has 6 nitrogen and oxygen atoms in total. The van der Waals surface area contributed by atoms with Crippen molar-refractivity contribution in [1.82, 2.24) is 4.31 Å². The van der Waals surface area contributed by atoms with E-state index in [1.54, 1.807) is 34.5 Å². The van der Waals surface area contributed by atoms with Crippen molar-refractivity contribution in [2.24, 2.45) is 0 Å². The van der Waals surface area contributed by atoms with Crippen molar-refractivity contribution in [3.05, 3.63) is 47.4 Å². The number of benzene rings is 1. The van der Waals surface area contributed by atoms with Crippen molar-refractivity contribution in [3.8, 4) is 0 Å². The van der Waals surface area contributed by atoms with Crippen molar-refractivity contribution in [2.45, 2.75) is 35.8 Å². The van der Waals surface area contributed by atoms with Crippen LogP contribution < -0.4 is 4.90 Å². The molecule has 4 heterocycles. The lowest BCUT2D eigenvalue weighted by molar-refractivity contribution is -0.118. The quantitative estimate of drug-likeness (QED) is 0.766. The van der Waals surface area contributed by atoms with Gasteiger partial charge in [-0.25, -0.2) is 8.42 Å². The van der Waals surface area contributed by atoms with Crippen LogP contribution in [-0.2, 0) is 27.7 Å². The average Bonchev–Trinajstić information content (AvgIpc) is 3.30. The second kappa shape index (κ2) is 6.93. The minimum Gasteiger partial charge on any atom is -0.468 e. The van der Waals surface area contributed by atoms with Gasteiger partial charge >= 0.3 is 0 Å². The van der Waals surface area contributed by atoms with Gasteiger partial charge in [0.25, 0.3) is 0 Å². The smallest absolute Gasteiger partial charge is 0.243 e. The van der Waals surface area contributed by atoms with Gasteiger partial charge in [-0.3, -0.25) is 4.79 Å². The second-order valence-corrected chi connectivity index (χ2v) is 10.7. The summed E-state index contributed by atoms with van der Waals surface area (Å²) in [4.78, 5) is 14.3. The predicted molar refractivity (Wildman–Crippen MR) is 108 cm³/mol. The highest BCUT2D eigenvalue weighted by atomic mass is 32.2.